The molecule has 1 saturated carbocycles. The summed E-state index contributed by atoms with van der Waals surface area (Å²) in [5.74, 6) is 0.464. The van der Waals surface area contributed by atoms with Crippen LogP contribution in [0.3, 0.4) is 0 Å². The molecule has 3 N–H and O–H groups in total. The molecule has 5 nitrogen and oxygen atoms in total. The van der Waals surface area contributed by atoms with Gasteiger partial charge in [-0.25, -0.2) is 0 Å². The Morgan fingerprint density at radius 1 is 1.11 bits per heavy atom. The van der Waals surface area contributed by atoms with E-state index in [1.165, 1.54) is 25.7 Å². The van der Waals surface area contributed by atoms with Crippen LogP contribution in [-0.4, -0.2) is 36.6 Å². The Hall–Kier alpha value is -1.10. The Balaban J connectivity index is 1.99. The maximum Gasteiger partial charge on any atom is 0.239 e. The average molecular weight is 256 g/mol. The molecule has 0 heterocycles. The molecule has 0 saturated heterocycles. The summed E-state index contributed by atoms with van der Waals surface area (Å²) in [7, 11) is 0. The van der Waals surface area contributed by atoms with Gasteiger partial charge in [0, 0.05) is 19.6 Å². The summed E-state index contributed by atoms with van der Waals surface area (Å²) in [5, 5.41) is 13.8. The van der Waals surface area contributed by atoms with Crippen molar-refractivity contribution in [2.45, 2.75) is 44.9 Å². The first-order valence-corrected chi connectivity index (χ1v) is 6.86. The predicted octanol–water partition coefficient (Wildman–Crippen LogP) is 0.572. The third-order valence-electron chi connectivity index (χ3n) is 3.36. The maximum atomic E-state index is 11.5. The Morgan fingerprint density at radius 2 is 1.83 bits per heavy atom. The number of carbonyl (C=O) groups excluding carboxylic acids is 2. The lowest BCUT2D eigenvalue weighted by Crippen LogP contribution is -2.37. The number of aliphatic hydroxyl groups excluding tert-OH is 1. The summed E-state index contributed by atoms with van der Waals surface area (Å²) in [6, 6.07) is 0. The SMILES string of the molecule is O=C(CCC1CCCC1)NCC(=O)NCCCO. The average Bonchev–Trinajstić information content (AvgIpc) is 2.87. The van der Waals surface area contributed by atoms with Crippen molar-refractivity contribution in [2.75, 3.05) is 19.7 Å². The molecular formula is C13H24N2O3. The number of amides is 2. The van der Waals surface area contributed by atoms with Crippen LogP contribution in [0.4, 0.5) is 0 Å². The van der Waals surface area contributed by atoms with E-state index in [0.717, 1.165) is 6.42 Å². The molecule has 0 radical (unpaired) electrons. The number of carbonyl (C=O) groups is 2. The van der Waals surface area contributed by atoms with E-state index in [9.17, 15) is 9.59 Å². The minimum absolute atomic E-state index is 0.0366. The van der Waals surface area contributed by atoms with E-state index >= 15 is 0 Å². The van der Waals surface area contributed by atoms with E-state index in [-0.39, 0.29) is 25.0 Å². The molecule has 0 aromatic rings. The highest BCUT2D eigenvalue weighted by molar-refractivity contribution is 5.84. The molecule has 1 aliphatic carbocycles. The Bertz CT molecular complexity index is 263. The molecule has 104 valence electrons. The van der Waals surface area contributed by atoms with E-state index in [1.807, 2.05) is 0 Å². The smallest absolute Gasteiger partial charge is 0.239 e. The van der Waals surface area contributed by atoms with Crippen LogP contribution < -0.4 is 10.6 Å². The molecule has 0 unspecified atom stereocenters. The number of nitrogens with one attached hydrogen (secondary N) is 2. The van der Waals surface area contributed by atoms with E-state index < -0.39 is 0 Å². The number of rotatable bonds is 8. The fourth-order valence-electron chi connectivity index (χ4n) is 2.27. The van der Waals surface area contributed by atoms with Crippen molar-refractivity contribution in [1.82, 2.24) is 10.6 Å². The van der Waals surface area contributed by atoms with Gasteiger partial charge < -0.3 is 15.7 Å². The fraction of sp³-hybridized carbons (Fsp3) is 0.846. The quantitative estimate of drug-likeness (QED) is 0.556. The molecule has 0 bridgehead atoms. The van der Waals surface area contributed by atoms with Crippen LogP contribution in [0.25, 0.3) is 0 Å². The second-order valence-electron chi connectivity index (χ2n) is 4.89. The summed E-state index contributed by atoms with van der Waals surface area (Å²) < 4.78 is 0. The van der Waals surface area contributed by atoms with Gasteiger partial charge in [-0.05, 0) is 18.8 Å². The topological polar surface area (TPSA) is 78.4 Å². The van der Waals surface area contributed by atoms with Gasteiger partial charge in [0.15, 0.2) is 0 Å². The van der Waals surface area contributed by atoms with Crippen LogP contribution in [0.1, 0.15) is 44.9 Å². The van der Waals surface area contributed by atoms with Crippen LogP contribution in [0, 0.1) is 5.92 Å². The van der Waals surface area contributed by atoms with E-state index in [2.05, 4.69) is 10.6 Å². The summed E-state index contributed by atoms with van der Waals surface area (Å²) in [6.07, 6.45) is 7.08. The Morgan fingerprint density at radius 3 is 2.50 bits per heavy atom. The minimum atomic E-state index is -0.197. The lowest BCUT2D eigenvalue weighted by Gasteiger charge is -2.09. The van der Waals surface area contributed by atoms with Gasteiger partial charge in [-0.1, -0.05) is 25.7 Å². The first-order valence-electron chi connectivity index (χ1n) is 6.86. The zero-order valence-corrected chi connectivity index (χ0v) is 10.9. The van der Waals surface area contributed by atoms with Crippen LogP contribution in [0.2, 0.25) is 0 Å². The molecule has 1 fully saturated rings. The fourth-order valence-corrected chi connectivity index (χ4v) is 2.27. The minimum Gasteiger partial charge on any atom is -0.396 e. The van der Waals surface area contributed by atoms with Gasteiger partial charge in [-0.2, -0.15) is 0 Å². The summed E-state index contributed by atoms with van der Waals surface area (Å²) in [6.45, 7) is 0.552. The lowest BCUT2D eigenvalue weighted by molar-refractivity contribution is -0.126. The summed E-state index contributed by atoms with van der Waals surface area (Å²) >= 11 is 0. The predicted molar refractivity (Wildman–Crippen MR) is 68.9 cm³/mol. The van der Waals surface area contributed by atoms with Gasteiger partial charge in [-0.3, -0.25) is 9.59 Å². The molecule has 0 aromatic heterocycles. The molecule has 2 amide bonds. The first kappa shape index (κ1) is 15.0. The highest BCUT2D eigenvalue weighted by Crippen LogP contribution is 2.28. The number of aliphatic hydroxyl groups is 1. The second kappa shape index (κ2) is 8.91. The van der Waals surface area contributed by atoms with Gasteiger partial charge in [-0.15, -0.1) is 0 Å². The molecule has 1 rings (SSSR count). The van der Waals surface area contributed by atoms with Gasteiger partial charge in [0.25, 0.3) is 0 Å². The van der Waals surface area contributed by atoms with E-state index in [1.54, 1.807) is 0 Å². The van der Waals surface area contributed by atoms with Crippen molar-refractivity contribution >= 4 is 11.8 Å². The molecule has 0 atom stereocenters. The van der Waals surface area contributed by atoms with E-state index in [4.69, 9.17) is 5.11 Å². The molecular weight excluding hydrogens is 232 g/mol. The van der Waals surface area contributed by atoms with Crippen LogP contribution in [0.5, 0.6) is 0 Å². The highest BCUT2D eigenvalue weighted by atomic mass is 16.3. The normalized spacial score (nSPS) is 15.6. The number of hydrogen-bond acceptors (Lipinski definition) is 3. The monoisotopic (exact) mass is 256 g/mol. The van der Waals surface area contributed by atoms with Crippen LogP contribution in [0.15, 0.2) is 0 Å². The zero-order valence-electron chi connectivity index (χ0n) is 10.9. The Kier molecular flexibility index (Phi) is 7.41. The lowest BCUT2D eigenvalue weighted by atomic mass is 10.0. The van der Waals surface area contributed by atoms with Crippen molar-refractivity contribution in [2.24, 2.45) is 5.92 Å². The maximum absolute atomic E-state index is 11.5. The van der Waals surface area contributed by atoms with Gasteiger partial charge in [0.1, 0.15) is 0 Å². The van der Waals surface area contributed by atoms with Crippen molar-refractivity contribution in [3.63, 3.8) is 0 Å². The largest absolute Gasteiger partial charge is 0.396 e. The Labute approximate surface area is 108 Å². The van der Waals surface area contributed by atoms with Crippen molar-refractivity contribution in [1.29, 1.82) is 0 Å². The standard InChI is InChI=1S/C13H24N2O3/c16-9-3-8-14-13(18)10-15-12(17)7-6-11-4-1-2-5-11/h11,16H,1-10H2,(H,14,18)(H,15,17). The summed E-state index contributed by atoms with van der Waals surface area (Å²) in [5.41, 5.74) is 0. The van der Waals surface area contributed by atoms with Crippen LogP contribution >= 0.6 is 0 Å². The second-order valence-corrected chi connectivity index (χ2v) is 4.89. The first-order chi connectivity index (χ1) is 8.72. The molecule has 1 aliphatic rings. The van der Waals surface area contributed by atoms with Crippen molar-refractivity contribution in [3.05, 3.63) is 0 Å². The summed E-state index contributed by atoms with van der Waals surface area (Å²) in [4.78, 5) is 22.8. The zero-order chi connectivity index (χ0) is 13.2. The molecule has 0 spiro atoms. The van der Waals surface area contributed by atoms with Gasteiger partial charge in [0.05, 0.1) is 6.54 Å². The molecule has 18 heavy (non-hydrogen) atoms. The highest BCUT2D eigenvalue weighted by Gasteiger charge is 2.16. The number of hydrogen-bond donors (Lipinski definition) is 3. The van der Waals surface area contributed by atoms with E-state index in [0.29, 0.717) is 25.3 Å². The van der Waals surface area contributed by atoms with Crippen molar-refractivity contribution in [3.8, 4) is 0 Å². The molecule has 0 aliphatic heterocycles. The van der Waals surface area contributed by atoms with Gasteiger partial charge in [0.2, 0.25) is 11.8 Å². The molecule has 5 heteroatoms. The third-order valence-corrected chi connectivity index (χ3v) is 3.36. The van der Waals surface area contributed by atoms with Crippen molar-refractivity contribution < 1.29 is 14.7 Å². The van der Waals surface area contributed by atoms with Gasteiger partial charge >= 0.3 is 0 Å². The third kappa shape index (κ3) is 6.59. The molecule has 0 aromatic carbocycles. The van der Waals surface area contributed by atoms with Crippen LogP contribution in [-0.2, 0) is 9.59 Å².